The third-order valence-electron chi connectivity index (χ3n) is 3.95. The van der Waals surface area contributed by atoms with Gasteiger partial charge in [0.05, 0.1) is 27.4 Å². The molecule has 0 spiro atoms. The number of nitrogens with one attached hydrogen (secondary N) is 1. The van der Waals surface area contributed by atoms with Gasteiger partial charge in [0.2, 0.25) is 5.91 Å². The zero-order valence-electron chi connectivity index (χ0n) is 16.0. The number of carbonyl (C=O) groups is 2. The zero-order valence-corrected chi connectivity index (χ0v) is 16.0. The van der Waals surface area contributed by atoms with E-state index in [2.05, 4.69) is 5.32 Å². The molecule has 2 aromatic rings. The van der Waals surface area contributed by atoms with Gasteiger partial charge >= 0.3 is 11.6 Å². The minimum Gasteiger partial charge on any atom is -0.497 e. The number of ether oxygens (including phenoxy) is 4. The van der Waals surface area contributed by atoms with Crippen molar-refractivity contribution in [3.63, 3.8) is 0 Å². The standard InChI is InChI=1S/C19H23NO8/c1-24-6-7-27-11-17(21)20-15(19(23)26-3)8-12-9-18(22)28-16-10-13(25-2)4-5-14(12)16/h4-5,9-10,15H,6-8,11H2,1-3H3,(H,20,21)/t15-/m1/s1. The normalized spacial score (nSPS) is 11.8. The summed E-state index contributed by atoms with van der Waals surface area (Å²) in [5, 5.41) is 3.19. The maximum Gasteiger partial charge on any atom is 0.336 e. The fourth-order valence-electron chi connectivity index (χ4n) is 2.60. The van der Waals surface area contributed by atoms with Crippen molar-refractivity contribution in [2.45, 2.75) is 12.5 Å². The van der Waals surface area contributed by atoms with Crippen LogP contribution in [0.25, 0.3) is 11.0 Å². The van der Waals surface area contributed by atoms with Crippen LogP contribution in [0.15, 0.2) is 33.5 Å². The van der Waals surface area contributed by atoms with Crippen molar-refractivity contribution < 1.29 is 33.0 Å². The van der Waals surface area contributed by atoms with Crippen LogP contribution in [0.1, 0.15) is 5.56 Å². The summed E-state index contributed by atoms with van der Waals surface area (Å²) >= 11 is 0. The first kappa shape index (κ1) is 21.4. The van der Waals surface area contributed by atoms with E-state index in [0.29, 0.717) is 28.9 Å². The molecule has 0 aliphatic rings. The molecule has 9 nitrogen and oxygen atoms in total. The Morgan fingerprint density at radius 3 is 2.61 bits per heavy atom. The quantitative estimate of drug-likeness (QED) is 0.356. The highest BCUT2D eigenvalue weighted by Gasteiger charge is 2.23. The maximum atomic E-state index is 12.1. The Labute approximate surface area is 161 Å². The number of rotatable bonds is 10. The Hall–Kier alpha value is -2.91. The lowest BCUT2D eigenvalue weighted by atomic mass is 10.0. The summed E-state index contributed by atoms with van der Waals surface area (Å²) in [7, 11) is 4.24. The van der Waals surface area contributed by atoms with E-state index in [1.54, 1.807) is 18.2 Å². The highest BCUT2D eigenvalue weighted by atomic mass is 16.5. The zero-order chi connectivity index (χ0) is 20.5. The van der Waals surface area contributed by atoms with Crippen molar-refractivity contribution in [3.8, 4) is 5.75 Å². The Morgan fingerprint density at radius 2 is 1.93 bits per heavy atom. The summed E-state index contributed by atoms with van der Waals surface area (Å²) < 4.78 is 25.1. The largest absolute Gasteiger partial charge is 0.497 e. The molecule has 0 fully saturated rings. The molecule has 0 aliphatic heterocycles. The van der Waals surface area contributed by atoms with Gasteiger partial charge in [-0.3, -0.25) is 4.79 Å². The van der Waals surface area contributed by atoms with Crippen molar-refractivity contribution >= 4 is 22.8 Å². The molecule has 0 radical (unpaired) electrons. The molecule has 0 unspecified atom stereocenters. The van der Waals surface area contributed by atoms with Crippen LogP contribution >= 0.6 is 0 Å². The van der Waals surface area contributed by atoms with E-state index in [0.717, 1.165) is 0 Å². The molecule has 0 saturated heterocycles. The van der Waals surface area contributed by atoms with Crippen LogP contribution in [0.5, 0.6) is 5.75 Å². The fraction of sp³-hybridized carbons (Fsp3) is 0.421. The van der Waals surface area contributed by atoms with Gasteiger partial charge in [-0.1, -0.05) is 0 Å². The molecule has 2 rings (SSSR count). The van der Waals surface area contributed by atoms with E-state index in [9.17, 15) is 14.4 Å². The lowest BCUT2D eigenvalue weighted by Crippen LogP contribution is -2.44. The predicted octanol–water partition coefficient (Wildman–Crippen LogP) is 0.665. The number of methoxy groups -OCH3 is 3. The van der Waals surface area contributed by atoms with Crippen molar-refractivity contribution in [3.05, 3.63) is 40.2 Å². The van der Waals surface area contributed by atoms with Gasteiger partial charge in [0.25, 0.3) is 0 Å². The number of esters is 1. The molecule has 28 heavy (non-hydrogen) atoms. The van der Waals surface area contributed by atoms with Gasteiger partial charge in [0.1, 0.15) is 24.0 Å². The third kappa shape index (κ3) is 5.80. The Balaban J connectivity index is 2.21. The maximum absolute atomic E-state index is 12.1. The molecule has 1 aromatic carbocycles. The summed E-state index contributed by atoms with van der Waals surface area (Å²) in [6.07, 6.45) is 0.0465. The second kappa shape index (κ2) is 10.4. The van der Waals surface area contributed by atoms with E-state index < -0.39 is 23.5 Å². The molecule has 1 N–H and O–H groups in total. The lowest BCUT2D eigenvalue weighted by Gasteiger charge is -2.17. The van der Waals surface area contributed by atoms with Gasteiger partial charge in [-0.2, -0.15) is 0 Å². The predicted molar refractivity (Wildman–Crippen MR) is 99.4 cm³/mol. The van der Waals surface area contributed by atoms with Crippen molar-refractivity contribution in [1.82, 2.24) is 5.32 Å². The average Bonchev–Trinajstić information content (AvgIpc) is 2.69. The van der Waals surface area contributed by atoms with Crippen molar-refractivity contribution in [2.24, 2.45) is 0 Å². The van der Waals surface area contributed by atoms with Gasteiger partial charge in [0.15, 0.2) is 0 Å². The first-order valence-corrected chi connectivity index (χ1v) is 8.53. The molecule has 0 aliphatic carbocycles. The average molecular weight is 393 g/mol. The van der Waals surface area contributed by atoms with Crippen molar-refractivity contribution in [2.75, 3.05) is 41.2 Å². The van der Waals surface area contributed by atoms with Gasteiger partial charge in [-0.15, -0.1) is 0 Å². The highest BCUT2D eigenvalue weighted by molar-refractivity contribution is 5.87. The number of fused-ring (bicyclic) bond motifs is 1. The third-order valence-corrected chi connectivity index (χ3v) is 3.95. The summed E-state index contributed by atoms with van der Waals surface area (Å²) in [5.41, 5.74) is 0.276. The van der Waals surface area contributed by atoms with Gasteiger partial charge < -0.3 is 28.7 Å². The number of hydrogen-bond acceptors (Lipinski definition) is 8. The van der Waals surface area contributed by atoms with E-state index in [-0.39, 0.29) is 19.6 Å². The second-order valence-electron chi connectivity index (χ2n) is 5.85. The first-order valence-electron chi connectivity index (χ1n) is 8.53. The second-order valence-corrected chi connectivity index (χ2v) is 5.85. The van der Waals surface area contributed by atoms with E-state index in [1.165, 1.54) is 27.4 Å². The van der Waals surface area contributed by atoms with Crippen LogP contribution in [0, 0.1) is 0 Å². The van der Waals surface area contributed by atoms with Crippen LogP contribution in [0.2, 0.25) is 0 Å². The molecule has 1 aromatic heterocycles. The Morgan fingerprint density at radius 1 is 1.14 bits per heavy atom. The SMILES string of the molecule is COCCOCC(=O)N[C@H](Cc1cc(=O)oc2cc(OC)ccc12)C(=O)OC. The number of benzene rings is 1. The van der Waals surface area contributed by atoms with Crippen LogP contribution in [0.4, 0.5) is 0 Å². The van der Waals surface area contributed by atoms with E-state index in [1.807, 2.05) is 0 Å². The fourth-order valence-corrected chi connectivity index (χ4v) is 2.60. The van der Waals surface area contributed by atoms with Crippen LogP contribution < -0.4 is 15.7 Å². The number of carbonyl (C=O) groups excluding carboxylic acids is 2. The van der Waals surface area contributed by atoms with Crippen LogP contribution in [0.3, 0.4) is 0 Å². The molecular formula is C19H23NO8. The Bertz CT molecular complexity index is 876. The van der Waals surface area contributed by atoms with Crippen molar-refractivity contribution in [1.29, 1.82) is 0 Å². The van der Waals surface area contributed by atoms with Gasteiger partial charge in [-0.25, -0.2) is 9.59 Å². The highest BCUT2D eigenvalue weighted by Crippen LogP contribution is 2.23. The first-order chi connectivity index (χ1) is 13.5. The summed E-state index contributed by atoms with van der Waals surface area (Å²) in [4.78, 5) is 36.1. The summed E-state index contributed by atoms with van der Waals surface area (Å²) in [6, 6.07) is 5.30. The lowest BCUT2D eigenvalue weighted by molar-refractivity contribution is -0.145. The summed E-state index contributed by atoms with van der Waals surface area (Å²) in [6.45, 7) is 0.369. The smallest absolute Gasteiger partial charge is 0.336 e. The van der Waals surface area contributed by atoms with Gasteiger partial charge in [-0.05, 0) is 17.7 Å². The number of amides is 1. The Kier molecular flexibility index (Phi) is 7.97. The van der Waals surface area contributed by atoms with E-state index in [4.69, 9.17) is 23.4 Å². The molecule has 1 amide bonds. The van der Waals surface area contributed by atoms with Gasteiger partial charge in [0, 0.05) is 31.0 Å². The molecule has 9 heteroatoms. The van der Waals surface area contributed by atoms with E-state index >= 15 is 0 Å². The summed E-state index contributed by atoms with van der Waals surface area (Å²) in [5.74, 6) is -0.598. The molecule has 0 saturated carbocycles. The van der Waals surface area contributed by atoms with Crippen LogP contribution in [-0.2, 0) is 30.2 Å². The number of hydrogen-bond donors (Lipinski definition) is 1. The molecule has 0 bridgehead atoms. The minimum atomic E-state index is -0.990. The molecule has 1 heterocycles. The monoisotopic (exact) mass is 393 g/mol. The molecular weight excluding hydrogens is 370 g/mol. The topological polar surface area (TPSA) is 113 Å². The molecule has 152 valence electrons. The molecule has 1 atom stereocenters. The van der Waals surface area contributed by atoms with Crippen LogP contribution in [-0.4, -0.2) is 59.1 Å². The minimum absolute atomic E-state index is 0.0465.